The van der Waals surface area contributed by atoms with Crippen molar-refractivity contribution in [3.8, 4) is 0 Å². The van der Waals surface area contributed by atoms with Crippen LogP contribution in [0.15, 0.2) is 35.1 Å². The standard InChI is InChI=1S/C13H14N2O2/c1-3-10-6-4-5-9(2)12(10)14-13(16)11-7-8-17-15-11/h4-8H,3H2,1-2H3,(H,14,16). The molecule has 88 valence electrons. The molecule has 0 radical (unpaired) electrons. The lowest BCUT2D eigenvalue weighted by molar-refractivity contribution is 0.101. The van der Waals surface area contributed by atoms with Gasteiger partial charge in [0.2, 0.25) is 0 Å². The van der Waals surface area contributed by atoms with Gasteiger partial charge in [0.05, 0.1) is 0 Å². The van der Waals surface area contributed by atoms with Gasteiger partial charge in [-0.15, -0.1) is 0 Å². The fourth-order valence-corrected chi connectivity index (χ4v) is 1.71. The molecule has 1 aromatic carbocycles. The fraction of sp³-hybridized carbons (Fsp3) is 0.231. The zero-order valence-corrected chi connectivity index (χ0v) is 9.86. The van der Waals surface area contributed by atoms with Crippen LogP contribution in [0.3, 0.4) is 0 Å². The molecule has 0 unspecified atom stereocenters. The number of carbonyl (C=O) groups excluding carboxylic acids is 1. The lowest BCUT2D eigenvalue weighted by Crippen LogP contribution is -2.14. The van der Waals surface area contributed by atoms with Gasteiger partial charge < -0.3 is 9.84 Å². The zero-order valence-electron chi connectivity index (χ0n) is 9.86. The summed E-state index contributed by atoms with van der Waals surface area (Å²) in [6.45, 7) is 4.03. The van der Waals surface area contributed by atoms with Gasteiger partial charge in [-0.1, -0.05) is 30.3 Å². The molecule has 1 aromatic heterocycles. The molecule has 4 heteroatoms. The highest BCUT2D eigenvalue weighted by Crippen LogP contribution is 2.21. The average molecular weight is 230 g/mol. The van der Waals surface area contributed by atoms with Gasteiger partial charge in [-0.3, -0.25) is 4.79 Å². The summed E-state index contributed by atoms with van der Waals surface area (Å²) >= 11 is 0. The number of aryl methyl sites for hydroxylation is 2. The zero-order chi connectivity index (χ0) is 12.3. The van der Waals surface area contributed by atoms with Crippen LogP contribution in [0.5, 0.6) is 0 Å². The number of carbonyl (C=O) groups is 1. The third kappa shape index (κ3) is 2.36. The molecule has 1 amide bonds. The third-order valence-corrected chi connectivity index (χ3v) is 2.65. The molecule has 0 aliphatic heterocycles. The van der Waals surface area contributed by atoms with Gasteiger partial charge in [0.15, 0.2) is 5.69 Å². The number of rotatable bonds is 3. The van der Waals surface area contributed by atoms with Crippen molar-refractivity contribution in [1.29, 1.82) is 0 Å². The Hall–Kier alpha value is -2.10. The molecule has 0 bridgehead atoms. The van der Waals surface area contributed by atoms with Crippen molar-refractivity contribution < 1.29 is 9.32 Å². The van der Waals surface area contributed by atoms with Crippen molar-refractivity contribution >= 4 is 11.6 Å². The van der Waals surface area contributed by atoms with Crippen molar-refractivity contribution in [2.45, 2.75) is 20.3 Å². The summed E-state index contributed by atoms with van der Waals surface area (Å²) in [5, 5.41) is 6.48. The fourth-order valence-electron chi connectivity index (χ4n) is 1.71. The molecule has 17 heavy (non-hydrogen) atoms. The Morgan fingerprint density at radius 2 is 2.24 bits per heavy atom. The number of nitrogens with one attached hydrogen (secondary N) is 1. The Kier molecular flexibility index (Phi) is 3.23. The second kappa shape index (κ2) is 4.82. The summed E-state index contributed by atoms with van der Waals surface area (Å²) < 4.78 is 4.65. The van der Waals surface area contributed by atoms with Crippen LogP contribution in [0.1, 0.15) is 28.5 Å². The van der Waals surface area contributed by atoms with E-state index in [9.17, 15) is 4.79 Å². The van der Waals surface area contributed by atoms with Crippen molar-refractivity contribution in [2.75, 3.05) is 5.32 Å². The van der Waals surface area contributed by atoms with Gasteiger partial charge in [0.25, 0.3) is 5.91 Å². The quantitative estimate of drug-likeness (QED) is 0.882. The maximum Gasteiger partial charge on any atom is 0.277 e. The summed E-state index contributed by atoms with van der Waals surface area (Å²) in [5.74, 6) is -0.247. The first-order valence-electron chi connectivity index (χ1n) is 5.52. The minimum atomic E-state index is -0.247. The van der Waals surface area contributed by atoms with Crippen molar-refractivity contribution in [3.63, 3.8) is 0 Å². The van der Waals surface area contributed by atoms with E-state index in [-0.39, 0.29) is 11.6 Å². The number of anilines is 1. The molecule has 0 aliphatic rings. The van der Waals surface area contributed by atoms with Crippen LogP contribution < -0.4 is 5.32 Å². The van der Waals surface area contributed by atoms with Gasteiger partial charge in [-0.25, -0.2) is 0 Å². The van der Waals surface area contributed by atoms with Crippen molar-refractivity contribution in [3.05, 3.63) is 47.3 Å². The molecule has 0 atom stereocenters. The average Bonchev–Trinajstić information content (AvgIpc) is 2.85. The summed E-state index contributed by atoms with van der Waals surface area (Å²) in [6.07, 6.45) is 2.25. The predicted molar refractivity (Wildman–Crippen MR) is 65.0 cm³/mol. The maximum atomic E-state index is 11.9. The van der Waals surface area contributed by atoms with Crippen molar-refractivity contribution in [1.82, 2.24) is 5.16 Å². The smallest absolute Gasteiger partial charge is 0.277 e. The van der Waals surface area contributed by atoms with E-state index in [0.717, 1.165) is 23.2 Å². The molecule has 0 aliphatic carbocycles. The number of nitrogens with zero attached hydrogens (tertiary/aromatic N) is 1. The molecule has 1 N–H and O–H groups in total. The number of hydrogen-bond acceptors (Lipinski definition) is 3. The lowest BCUT2D eigenvalue weighted by Gasteiger charge is -2.11. The van der Waals surface area contributed by atoms with Gasteiger partial charge >= 0.3 is 0 Å². The number of amides is 1. The second-order valence-electron chi connectivity index (χ2n) is 3.80. The van der Waals surface area contributed by atoms with Crippen LogP contribution in [0.2, 0.25) is 0 Å². The number of para-hydroxylation sites is 1. The normalized spacial score (nSPS) is 10.2. The minimum Gasteiger partial charge on any atom is -0.364 e. The first kappa shape index (κ1) is 11.4. The molecular weight excluding hydrogens is 216 g/mol. The Labute approximate surface area is 99.6 Å². The molecule has 0 spiro atoms. The molecule has 0 fully saturated rings. The number of aromatic nitrogens is 1. The molecule has 1 heterocycles. The Morgan fingerprint density at radius 3 is 2.88 bits per heavy atom. The monoisotopic (exact) mass is 230 g/mol. The molecule has 4 nitrogen and oxygen atoms in total. The van der Waals surface area contributed by atoms with E-state index in [4.69, 9.17) is 0 Å². The SMILES string of the molecule is CCc1cccc(C)c1NC(=O)c1ccon1. The molecule has 0 saturated carbocycles. The molecular formula is C13H14N2O2. The van der Waals surface area contributed by atoms with E-state index in [0.29, 0.717) is 0 Å². The summed E-state index contributed by atoms with van der Waals surface area (Å²) in [6, 6.07) is 7.50. The van der Waals surface area contributed by atoms with Gasteiger partial charge in [0, 0.05) is 11.8 Å². The number of benzene rings is 1. The summed E-state index contributed by atoms with van der Waals surface area (Å²) in [7, 11) is 0. The van der Waals surface area contributed by atoms with E-state index in [1.807, 2.05) is 25.1 Å². The first-order chi connectivity index (χ1) is 8.22. The highest BCUT2D eigenvalue weighted by atomic mass is 16.5. The highest BCUT2D eigenvalue weighted by molar-refractivity contribution is 6.03. The van der Waals surface area contributed by atoms with Crippen LogP contribution in [-0.2, 0) is 6.42 Å². The maximum absolute atomic E-state index is 11.9. The van der Waals surface area contributed by atoms with E-state index in [1.165, 1.54) is 6.26 Å². The van der Waals surface area contributed by atoms with Crippen LogP contribution >= 0.6 is 0 Å². The van der Waals surface area contributed by atoms with Gasteiger partial charge in [-0.05, 0) is 24.5 Å². The lowest BCUT2D eigenvalue weighted by atomic mass is 10.1. The third-order valence-electron chi connectivity index (χ3n) is 2.65. The molecule has 2 rings (SSSR count). The summed E-state index contributed by atoms with van der Waals surface area (Å²) in [5.41, 5.74) is 3.31. The Balaban J connectivity index is 2.27. The predicted octanol–water partition coefficient (Wildman–Crippen LogP) is 2.80. The van der Waals surface area contributed by atoms with Crippen LogP contribution in [0, 0.1) is 6.92 Å². The Morgan fingerprint density at radius 1 is 1.41 bits per heavy atom. The van der Waals surface area contributed by atoms with E-state index < -0.39 is 0 Å². The minimum absolute atomic E-state index is 0.247. The van der Waals surface area contributed by atoms with Crippen LogP contribution in [0.25, 0.3) is 0 Å². The highest BCUT2D eigenvalue weighted by Gasteiger charge is 2.12. The summed E-state index contributed by atoms with van der Waals surface area (Å²) in [4.78, 5) is 11.9. The van der Waals surface area contributed by atoms with Crippen molar-refractivity contribution in [2.24, 2.45) is 0 Å². The largest absolute Gasteiger partial charge is 0.364 e. The molecule has 0 saturated heterocycles. The number of hydrogen-bond donors (Lipinski definition) is 1. The van der Waals surface area contributed by atoms with Crippen LogP contribution in [0.4, 0.5) is 5.69 Å². The molecule has 2 aromatic rings. The topological polar surface area (TPSA) is 55.1 Å². The van der Waals surface area contributed by atoms with Gasteiger partial charge in [0.1, 0.15) is 6.26 Å². The van der Waals surface area contributed by atoms with Gasteiger partial charge in [-0.2, -0.15) is 0 Å². The van der Waals surface area contributed by atoms with E-state index >= 15 is 0 Å². The first-order valence-corrected chi connectivity index (χ1v) is 5.52. The Bertz CT molecular complexity index is 518. The second-order valence-corrected chi connectivity index (χ2v) is 3.80. The van der Waals surface area contributed by atoms with E-state index in [1.54, 1.807) is 6.07 Å². The van der Waals surface area contributed by atoms with Crippen LogP contribution in [-0.4, -0.2) is 11.1 Å². The van der Waals surface area contributed by atoms with E-state index in [2.05, 4.69) is 21.9 Å².